The lowest BCUT2D eigenvalue weighted by Crippen LogP contribution is -1.89. The lowest BCUT2D eigenvalue weighted by atomic mass is 10.3. The Kier molecular flexibility index (Phi) is 4.70. The van der Waals surface area contributed by atoms with E-state index in [1.54, 1.807) is 7.11 Å². The number of methoxy groups -OCH3 is 1. The van der Waals surface area contributed by atoms with Crippen molar-refractivity contribution >= 4 is 47.8 Å². The summed E-state index contributed by atoms with van der Waals surface area (Å²) in [6, 6.07) is 11.4. The summed E-state index contributed by atoms with van der Waals surface area (Å²) in [6.45, 7) is 0. The Morgan fingerprint density at radius 3 is 2.00 bits per heavy atom. The van der Waals surface area contributed by atoms with E-state index in [2.05, 4.69) is 47.8 Å². The lowest BCUT2D eigenvalue weighted by Gasteiger charge is -2.11. The second-order valence-corrected chi connectivity index (χ2v) is 6.10. The molecular formula is C13H9Br3O2. The van der Waals surface area contributed by atoms with E-state index in [0.717, 1.165) is 30.7 Å². The lowest BCUT2D eigenvalue weighted by molar-refractivity contribution is 0.409. The molecule has 0 aromatic heterocycles. The summed E-state index contributed by atoms with van der Waals surface area (Å²) in [6.07, 6.45) is 0. The molecule has 0 amide bonds. The van der Waals surface area contributed by atoms with Crippen molar-refractivity contribution in [3.05, 3.63) is 49.8 Å². The summed E-state index contributed by atoms with van der Waals surface area (Å²) < 4.78 is 13.7. The van der Waals surface area contributed by atoms with E-state index < -0.39 is 0 Å². The zero-order valence-electron chi connectivity index (χ0n) is 9.41. The highest BCUT2D eigenvalue weighted by Gasteiger charge is 2.09. The maximum Gasteiger partial charge on any atom is 0.143 e. The Labute approximate surface area is 131 Å². The molecule has 0 bridgehead atoms. The van der Waals surface area contributed by atoms with E-state index in [1.807, 2.05) is 36.4 Å². The van der Waals surface area contributed by atoms with Crippen molar-refractivity contribution in [1.82, 2.24) is 0 Å². The molecule has 0 radical (unpaired) electrons. The molecule has 0 saturated carbocycles. The molecule has 18 heavy (non-hydrogen) atoms. The Morgan fingerprint density at radius 1 is 0.833 bits per heavy atom. The fourth-order valence-corrected chi connectivity index (χ4v) is 2.53. The van der Waals surface area contributed by atoms with Crippen LogP contribution in [0.15, 0.2) is 49.8 Å². The third kappa shape index (κ3) is 3.28. The zero-order chi connectivity index (χ0) is 13.1. The predicted molar refractivity (Wildman–Crippen MR) is 82.6 cm³/mol. The van der Waals surface area contributed by atoms with Crippen molar-refractivity contribution in [2.24, 2.45) is 0 Å². The van der Waals surface area contributed by atoms with Gasteiger partial charge >= 0.3 is 0 Å². The van der Waals surface area contributed by atoms with Crippen LogP contribution in [0, 0.1) is 0 Å². The third-order valence-corrected chi connectivity index (χ3v) is 4.02. The standard InChI is InChI=1S/C13H9Br3O2/c1-17-12-6-11(16)13(7-10(12)15)18-9-4-2-8(14)3-5-9/h2-7H,1H3. The molecule has 0 heterocycles. The van der Waals surface area contributed by atoms with Gasteiger partial charge in [-0.2, -0.15) is 0 Å². The van der Waals surface area contributed by atoms with Crippen LogP contribution in [0.5, 0.6) is 17.2 Å². The Morgan fingerprint density at radius 2 is 1.39 bits per heavy atom. The molecule has 2 rings (SSSR count). The number of benzene rings is 2. The smallest absolute Gasteiger partial charge is 0.143 e. The molecule has 2 nitrogen and oxygen atoms in total. The van der Waals surface area contributed by atoms with Crippen molar-refractivity contribution < 1.29 is 9.47 Å². The third-order valence-electron chi connectivity index (χ3n) is 2.25. The first-order valence-corrected chi connectivity index (χ1v) is 7.44. The molecule has 0 N–H and O–H groups in total. The minimum atomic E-state index is 0.727. The monoisotopic (exact) mass is 434 g/mol. The minimum Gasteiger partial charge on any atom is -0.496 e. The van der Waals surface area contributed by atoms with Gasteiger partial charge in [-0.1, -0.05) is 15.9 Å². The summed E-state index contributed by atoms with van der Waals surface area (Å²) >= 11 is 10.3. The van der Waals surface area contributed by atoms with Crippen LogP contribution in [-0.2, 0) is 0 Å². The number of hydrogen-bond acceptors (Lipinski definition) is 2. The zero-order valence-corrected chi connectivity index (χ0v) is 14.2. The van der Waals surface area contributed by atoms with Crippen LogP contribution < -0.4 is 9.47 Å². The van der Waals surface area contributed by atoms with E-state index in [9.17, 15) is 0 Å². The fraction of sp³-hybridized carbons (Fsp3) is 0.0769. The highest BCUT2D eigenvalue weighted by Crippen LogP contribution is 2.38. The van der Waals surface area contributed by atoms with Crippen LogP contribution in [0.25, 0.3) is 0 Å². The number of halogens is 3. The molecule has 5 heteroatoms. The van der Waals surface area contributed by atoms with E-state index in [1.165, 1.54) is 0 Å². The van der Waals surface area contributed by atoms with Gasteiger partial charge in [0.05, 0.1) is 16.1 Å². The average Bonchev–Trinajstić information content (AvgIpc) is 2.36. The molecule has 0 aliphatic heterocycles. The maximum atomic E-state index is 5.79. The van der Waals surface area contributed by atoms with Gasteiger partial charge < -0.3 is 9.47 Å². The molecule has 0 atom stereocenters. The van der Waals surface area contributed by atoms with E-state index >= 15 is 0 Å². The molecule has 2 aromatic carbocycles. The second-order valence-electron chi connectivity index (χ2n) is 3.47. The highest BCUT2D eigenvalue weighted by atomic mass is 79.9. The van der Waals surface area contributed by atoms with Crippen LogP contribution in [0.2, 0.25) is 0 Å². The SMILES string of the molecule is COc1cc(Br)c(Oc2ccc(Br)cc2)cc1Br. The van der Waals surface area contributed by atoms with E-state index in [0.29, 0.717) is 0 Å². The number of ether oxygens (including phenoxy) is 2. The molecule has 0 fully saturated rings. The van der Waals surface area contributed by atoms with Gasteiger partial charge in [-0.3, -0.25) is 0 Å². The molecule has 2 aromatic rings. The second kappa shape index (κ2) is 6.08. The van der Waals surface area contributed by atoms with Crippen molar-refractivity contribution in [3.8, 4) is 17.2 Å². The van der Waals surface area contributed by atoms with Gasteiger partial charge in [0, 0.05) is 4.47 Å². The first kappa shape index (κ1) is 13.9. The fourth-order valence-electron chi connectivity index (χ4n) is 1.37. The van der Waals surface area contributed by atoms with Gasteiger partial charge in [-0.25, -0.2) is 0 Å². The number of rotatable bonds is 3. The summed E-state index contributed by atoms with van der Waals surface area (Å²) in [5, 5.41) is 0. The van der Waals surface area contributed by atoms with Crippen LogP contribution in [0.4, 0.5) is 0 Å². The van der Waals surface area contributed by atoms with Crippen LogP contribution in [0.1, 0.15) is 0 Å². The van der Waals surface area contributed by atoms with E-state index in [4.69, 9.17) is 9.47 Å². The topological polar surface area (TPSA) is 18.5 Å². The van der Waals surface area contributed by atoms with Gasteiger partial charge in [0.2, 0.25) is 0 Å². The normalized spacial score (nSPS) is 10.2. The van der Waals surface area contributed by atoms with Gasteiger partial charge in [0.25, 0.3) is 0 Å². The van der Waals surface area contributed by atoms with E-state index in [-0.39, 0.29) is 0 Å². The molecule has 0 aliphatic carbocycles. The summed E-state index contributed by atoms with van der Waals surface area (Å²) in [5.74, 6) is 2.26. The Hall–Kier alpha value is -0.520. The largest absolute Gasteiger partial charge is 0.496 e. The molecule has 0 aliphatic rings. The van der Waals surface area contributed by atoms with Gasteiger partial charge in [0.15, 0.2) is 0 Å². The number of hydrogen-bond donors (Lipinski definition) is 0. The van der Waals surface area contributed by atoms with Gasteiger partial charge in [-0.15, -0.1) is 0 Å². The van der Waals surface area contributed by atoms with Crippen LogP contribution >= 0.6 is 47.8 Å². The maximum absolute atomic E-state index is 5.79. The van der Waals surface area contributed by atoms with Crippen molar-refractivity contribution in [3.63, 3.8) is 0 Å². The molecule has 0 unspecified atom stereocenters. The van der Waals surface area contributed by atoms with Crippen LogP contribution in [-0.4, -0.2) is 7.11 Å². The van der Waals surface area contributed by atoms with Crippen molar-refractivity contribution in [1.29, 1.82) is 0 Å². The summed E-state index contributed by atoms with van der Waals surface area (Å²) in [7, 11) is 1.63. The van der Waals surface area contributed by atoms with Gasteiger partial charge in [-0.05, 0) is 68.3 Å². The quantitative estimate of drug-likeness (QED) is 0.607. The highest BCUT2D eigenvalue weighted by molar-refractivity contribution is 9.11. The predicted octanol–water partition coefficient (Wildman–Crippen LogP) is 5.78. The van der Waals surface area contributed by atoms with Crippen LogP contribution in [0.3, 0.4) is 0 Å². The molecule has 94 valence electrons. The van der Waals surface area contributed by atoms with Crippen molar-refractivity contribution in [2.45, 2.75) is 0 Å². The Balaban J connectivity index is 2.29. The van der Waals surface area contributed by atoms with Gasteiger partial charge in [0.1, 0.15) is 17.2 Å². The molecule has 0 spiro atoms. The molecule has 0 saturated heterocycles. The summed E-state index contributed by atoms with van der Waals surface area (Å²) in [4.78, 5) is 0. The molecular weight excluding hydrogens is 428 g/mol. The average molecular weight is 437 g/mol. The Bertz CT molecular complexity index is 553. The first-order valence-electron chi connectivity index (χ1n) is 5.06. The minimum absolute atomic E-state index is 0.727. The first-order chi connectivity index (χ1) is 8.60. The summed E-state index contributed by atoms with van der Waals surface area (Å²) in [5.41, 5.74) is 0. The van der Waals surface area contributed by atoms with Crippen molar-refractivity contribution in [2.75, 3.05) is 7.11 Å².